The van der Waals surface area contributed by atoms with Crippen molar-refractivity contribution in [2.24, 2.45) is 5.73 Å². The molecular formula is C28H27N3O3. The van der Waals surface area contributed by atoms with Crippen molar-refractivity contribution in [1.82, 2.24) is 10.6 Å². The van der Waals surface area contributed by atoms with Crippen molar-refractivity contribution in [3.05, 3.63) is 96.1 Å². The number of amides is 3. The van der Waals surface area contributed by atoms with E-state index in [1.54, 1.807) is 0 Å². The van der Waals surface area contributed by atoms with Gasteiger partial charge >= 0.3 is 0 Å². The highest BCUT2D eigenvalue weighted by Gasteiger charge is 2.26. The number of benzene rings is 4. The monoisotopic (exact) mass is 453 g/mol. The fourth-order valence-electron chi connectivity index (χ4n) is 4.33. The van der Waals surface area contributed by atoms with Gasteiger partial charge in [-0.1, -0.05) is 78.9 Å². The molecule has 6 nitrogen and oxygen atoms in total. The molecule has 0 aliphatic rings. The lowest BCUT2D eigenvalue weighted by atomic mass is 9.92. The van der Waals surface area contributed by atoms with E-state index >= 15 is 0 Å². The van der Waals surface area contributed by atoms with Crippen LogP contribution in [-0.4, -0.2) is 29.8 Å². The Morgan fingerprint density at radius 1 is 0.735 bits per heavy atom. The molecule has 4 aromatic rings. The first kappa shape index (κ1) is 23.0. The maximum Gasteiger partial charge on any atom is 0.243 e. The van der Waals surface area contributed by atoms with E-state index in [1.165, 1.54) is 6.92 Å². The van der Waals surface area contributed by atoms with Crippen molar-refractivity contribution in [3.63, 3.8) is 0 Å². The van der Waals surface area contributed by atoms with Gasteiger partial charge in [0.25, 0.3) is 0 Å². The van der Waals surface area contributed by atoms with Crippen LogP contribution in [0.3, 0.4) is 0 Å². The normalized spacial score (nSPS) is 12.7. The van der Waals surface area contributed by atoms with Crippen LogP contribution < -0.4 is 16.4 Å². The zero-order valence-electron chi connectivity index (χ0n) is 19.0. The van der Waals surface area contributed by atoms with Crippen LogP contribution in [0.1, 0.15) is 18.1 Å². The molecular weight excluding hydrogens is 426 g/mol. The lowest BCUT2D eigenvalue weighted by Gasteiger charge is -2.23. The van der Waals surface area contributed by atoms with Crippen molar-refractivity contribution < 1.29 is 14.4 Å². The van der Waals surface area contributed by atoms with Gasteiger partial charge in [-0.15, -0.1) is 0 Å². The molecule has 6 heteroatoms. The van der Waals surface area contributed by atoms with Gasteiger partial charge < -0.3 is 16.4 Å². The first-order chi connectivity index (χ1) is 16.4. The van der Waals surface area contributed by atoms with Crippen LogP contribution >= 0.6 is 0 Å². The molecule has 172 valence electrons. The van der Waals surface area contributed by atoms with E-state index in [4.69, 9.17) is 5.73 Å². The highest BCUT2D eigenvalue weighted by molar-refractivity contribution is 6.03. The summed E-state index contributed by atoms with van der Waals surface area (Å²) in [6, 6.07) is 25.6. The smallest absolute Gasteiger partial charge is 0.243 e. The topological polar surface area (TPSA) is 101 Å². The molecule has 0 bridgehead atoms. The second-order valence-corrected chi connectivity index (χ2v) is 8.41. The molecule has 0 radical (unpaired) electrons. The number of hydrogen-bond donors (Lipinski definition) is 3. The quantitative estimate of drug-likeness (QED) is 0.357. The Labute approximate surface area is 198 Å². The van der Waals surface area contributed by atoms with Gasteiger partial charge in [0.1, 0.15) is 12.1 Å². The van der Waals surface area contributed by atoms with Gasteiger partial charge in [-0.25, -0.2) is 0 Å². The lowest BCUT2D eigenvalue weighted by Crippen LogP contribution is -2.54. The summed E-state index contributed by atoms with van der Waals surface area (Å²) in [5, 5.41) is 9.59. The van der Waals surface area contributed by atoms with Crippen LogP contribution in [-0.2, 0) is 27.2 Å². The van der Waals surface area contributed by atoms with Gasteiger partial charge in [0.15, 0.2) is 0 Å². The van der Waals surface area contributed by atoms with Crippen LogP contribution in [0.4, 0.5) is 0 Å². The SMILES string of the molecule is CC(=O)N[C@H](Cc1ccccc1)C(=O)N[C@H](Cc1c2ccccc2cc2ccccc12)C(N)=O. The highest BCUT2D eigenvalue weighted by Crippen LogP contribution is 2.29. The van der Waals surface area contributed by atoms with E-state index in [9.17, 15) is 14.4 Å². The van der Waals surface area contributed by atoms with E-state index < -0.39 is 23.9 Å². The van der Waals surface area contributed by atoms with Gasteiger partial charge in [-0.2, -0.15) is 0 Å². The third-order valence-corrected chi connectivity index (χ3v) is 5.93. The van der Waals surface area contributed by atoms with E-state index in [-0.39, 0.29) is 12.3 Å². The summed E-state index contributed by atoms with van der Waals surface area (Å²) in [5.41, 5.74) is 7.57. The molecule has 4 aromatic carbocycles. The molecule has 0 aromatic heterocycles. The van der Waals surface area contributed by atoms with E-state index in [1.807, 2.05) is 78.9 Å². The summed E-state index contributed by atoms with van der Waals surface area (Å²) in [6.07, 6.45) is 0.538. The Balaban J connectivity index is 1.65. The summed E-state index contributed by atoms with van der Waals surface area (Å²) in [4.78, 5) is 37.4. The van der Waals surface area contributed by atoms with Crippen molar-refractivity contribution >= 4 is 39.3 Å². The van der Waals surface area contributed by atoms with Gasteiger partial charge in [-0.05, 0) is 38.7 Å². The molecule has 0 aliphatic carbocycles. The predicted molar refractivity (Wildman–Crippen MR) is 134 cm³/mol. The molecule has 34 heavy (non-hydrogen) atoms. The molecule has 0 heterocycles. The Morgan fingerprint density at radius 3 is 1.85 bits per heavy atom. The standard InChI is InChI=1S/C28H27N3O3/c1-18(32)30-26(15-19-9-3-2-4-10-19)28(34)31-25(27(29)33)17-24-22-13-7-5-11-20(22)16-21-12-6-8-14-23(21)24/h2-14,16,25-26H,15,17H2,1H3,(H2,29,33)(H,30,32)(H,31,34)/t25-,26-/m1/s1. The zero-order valence-corrected chi connectivity index (χ0v) is 19.0. The number of carbonyl (C=O) groups is 3. The molecule has 0 aliphatic heterocycles. The Kier molecular flexibility index (Phi) is 6.87. The van der Waals surface area contributed by atoms with Crippen molar-refractivity contribution in [2.75, 3.05) is 0 Å². The Hall–Kier alpha value is -4.19. The first-order valence-electron chi connectivity index (χ1n) is 11.2. The van der Waals surface area contributed by atoms with Gasteiger partial charge in [0, 0.05) is 19.8 Å². The fourth-order valence-corrected chi connectivity index (χ4v) is 4.33. The minimum atomic E-state index is -0.936. The third kappa shape index (κ3) is 5.23. The number of nitrogens with one attached hydrogen (secondary N) is 2. The molecule has 2 atom stereocenters. The summed E-state index contributed by atoms with van der Waals surface area (Å²) < 4.78 is 0. The largest absolute Gasteiger partial charge is 0.368 e. The lowest BCUT2D eigenvalue weighted by molar-refractivity contribution is -0.130. The van der Waals surface area contributed by atoms with Crippen LogP contribution in [0, 0.1) is 0 Å². The van der Waals surface area contributed by atoms with E-state index in [2.05, 4.69) is 16.7 Å². The van der Waals surface area contributed by atoms with E-state index in [0.717, 1.165) is 32.7 Å². The molecule has 0 fully saturated rings. The van der Waals surface area contributed by atoms with Gasteiger partial charge in [-0.3, -0.25) is 14.4 Å². The maximum atomic E-state index is 13.2. The summed E-state index contributed by atoms with van der Waals surface area (Å²) in [6.45, 7) is 1.36. The molecule has 0 unspecified atom stereocenters. The number of rotatable bonds is 8. The van der Waals surface area contributed by atoms with Crippen LogP contribution in [0.5, 0.6) is 0 Å². The number of fused-ring (bicyclic) bond motifs is 2. The number of carbonyl (C=O) groups excluding carboxylic acids is 3. The Morgan fingerprint density at radius 2 is 1.29 bits per heavy atom. The maximum absolute atomic E-state index is 13.2. The van der Waals surface area contributed by atoms with Crippen LogP contribution in [0.2, 0.25) is 0 Å². The van der Waals surface area contributed by atoms with Crippen molar-refractivity contribution in [1.29, 1.82) is 0 Å². The second-order valence-electron chi connectivity index (χ2n) is 8.41. The fraction of sp³-hybridized carbons (Fsp3) is 0.179. The summed E-state index contributed by atoms with van der Waals surface area (Å²) >= 11 is 0. The average Bonchev–Trinajstić information content (AvgIpc) is 2.83. The van der Waals surface area contributed by atoms with Crippen molar-refractivity contribution in [3.8, 4) is 0 Å². The predicted octanol–water partition coefficient (Wildman–Crippen LogP) is 3.25. The number of hydrogen-bond acceptors (Lipinski definition) is 3. The minimum Gasteiger partial charge on any atom is -0.368 e. The van der Waals surface area contributed by atoms with Gasteiger partial charge in [0.05, 0.1) is 0 Å². The number of primary amides is 1. The number of nitrogens with two attached hydrogens (primary N) is 1. The molecule has 3 amide bonds. The third-order valence-electron chi connectivity index (χ3n) is 5.93. The molecule has 0 spiro atoms. The summed E-state index contributed by atoms with van der Waals surface area (Å²) in [5.74, 6) is -1.41. The zero-order chi connectivity index (χ0) is 24.1. The molecule has 4 rings (SSSR count). The molecule has 0 saturated heterocycles. The van der Waals surface area contributed by atoms with Crippen LogP contribution in [0.25, 0.3) is 21.5 Å². The van der Waals surface area contributed by atoms with Crippen LogP contribution in [0.15, 0.2) is 84.9 Å². The Bertz CT molecular complexity index is 1300. The average molecular weight is 454 g/mol. The first-order valence-corrected chi connectivity index (χ1v) is 11.2. The van der Waals surface area contributed by atoms with Gasteiger partial charge in [0.2, 0.25) is 17.7 Å². The summed E-state index contributed by atoms with van der Waals surface area (Å²) in [7, 11) is 0. The van der Waals surface area contributed by atoms with E-state index in [0.29, 0.717) is 6.42 Å². The van der Waals surface area contributed by atoms with Crippen molar-refractivity contribution in [2.45, 2.75) is 31.8 Å². The molecule has 0 saturated carbocycles. The minimum absolute atomic E-state index is 0.237. The molecule has 4 N–H and O–H groups in total. The highest BCUT2D eigenvalue weighted by atomic mass is 16.2. The second kappa shape index (κ2) is 10.2.